The summed E-state index contributed by atoms with van der Waals surface area (Å²) < 4.78 is 68.9. The minimum Gasteiger partial charge on any atom is -0.444 e. The van der Waals surface area contributed by atoms with Crippen molar-refractivity contribution in [3.63, 3.8) is 0 Å². The topological polar surface area (TPSA) is 117 Å². The Hall–Kier alpha value is -3.22. The van der Waals surface area contributed by atoms with Crippen LogP contribution < -0.4 is 5.14 Å². The maximum Gasteiger partial charge on any atom is 0.435 e. The summed E-state index contributed by atoms with van der Waals surface area (Å²) in [4.78, 5) is 7.69. The molecule has 1 aromatic carbocycles. The summed E-state index contributed by atoms with van der Waals surface area (Å²) >= 11 is 6.29. The molecule has 0 aliphatic heterocycles. The minimum atomic E-state index is -4.71. The van der Waals surface area contributed by atoms with Crippen LogP contribution in [0, 0.1) is 0 Å². The molecule has 4 aromatic rings. The lowest BCUT2D eigenvalue weighted by Gasteiger charge is -2.09. The number of rotatable bonds is 4. The minimum absolute atomic E-state index is 0.0540. The van der Waals surface area contributed by atoms with E-state index in [9.17, 15) is 21.6 Å². The summed E-state index contributed by atoms with van der Waals surface area (Å²) in [6.07, 6.45) is -0.861. The summed E-state index contributed by atoms with van der Waals surface area (Å²) in [6.45, 7) is 0. The Morgan fingerprint density at radius 2 is 1.87 bits per heavy atom. The molecule has 8 nitrogen and oxygen atoms in total. The molecule has 13 heteroatoms. The van der Waals surface area contributed by atoms with E-state index in [0.29, 0.717) is 11.1 Å². The van der Waals surface area contributed by atoms with Crippen LogP contribution in [0.15, 0.2) is 64.5 Å². The van der Waals surface area contributed by atoms with Gasteiger partial charge < -0.3 is 4.42 Å². The highest BCUT2D eigenvalue weighted by Gasteiger charge is 2.35. The molecule has 0 bridgehead atoms. The number of pyridine rings is 1. The molecule has 0 saturated heterocycles. The summed E-state index contributed by atoms with van der Waals surface area (Å²) in [5, 5.41) is 8.40. The van der Waals surface area contributed by atoms with Gasteiger partial charge in [0.25, 0.3) is 10.0 Å². The number of primary sulfonamides is 1. The van der Waals surface area contributed by atoms with Crippen molar-refractivity contribution in [2.24, 2.45) is 5.14 Å². The molecule has 0 spiro atoms. The van der Waals surface area contributed by atoms with Crippen molar-refractivity contribution in [1.82, 2.24) is 19.7 Å². The quantitative estimate of drug-likeness (QED) is 0.484. The van der Waals surface area contributed by atoms with Crippen LogP contribution in [0.1, 0.15) is 5.69 Å². The van der Waals surface area contributed by atoms with Crippen molar-refractivity contribution in [3.05, 3.63) is 65.8 Å². The number of hydrogen-bond donors (Lipinski definition) is 1. The van der Waals surface area contributed by atoms with Crippen LogP contribution in [0.25, 0.3) is 28.4 Å². The van der Waals surface area contributed by atoms with Crippen molar-refractivity contribution in [2.75, 3.05) is 0 Å². The van der Waals surface area contributed by atoms with Gasteiger partial charge in [-0.3, -0.25) is 0 Å². The van der Waals surface area contributed by atoms with E-state index in [0.717, 1.165) is 23.0 Å². The van der Waals surface area contributed by atoms with E-state index in [1.807, 2.05) is 0 Å². The first-order valence-electron chi connectivity index (χ1n) is 8.40. The molecule has 3 aromatic heterocycles. The second-order valence-electron chi connectivity index (χ2n) is 6.26. The average molecular weight is 470 g/mol. The van der Waals surface area contributed by atoms with Crippen LogP contribution in [0.4, 0.5) is 13.2 Å². The highest BCUT2D eigenvalue weighted by atomic mass is 35.5. The first-order chi connectivity index (χ1) is 14.5. The Balaban J connectivity index is 1.84. The highest BCUT2D eigenvalue weighted by molar-refractivity contribution is 7.89. The number of halogens is 4. The van der Waals surface area contributed by atoms with E-state index in [-0.39, 0.29) is 22.3 Å². The van der Waals surface area contributed by atoms with Crippen LogP contribution in [0.2, 0.25) is 5.02 Å². The molecule has 0 amide bonds. The zero-order chi connectivity index (χ0) is 22.4. The smallest absolute Gasteiger partial charge is 0.435 e. The lowest BCUT2D eigenvalue weighted by molar-refractivity contribution is -0.141. The SMILES string of the molecule is NS(=O)(=O)c1ccc(-n2nc(C(F)(F)F)cc2-c2ccc(-c3ncco3)c(Cl)c2)cn1. The molecule has 160 valence electrons. The standard InChI is InChI=1S/C18H11ClF3N5O3S/c19-13-7-10(1-3-12(13)17-24-5-6-30-17)14-8-15(18(20,21)22)26-27(14)11-2-4-16(25-9-11)31(23,28)29/h1-9H,(H2,23,28,29). The third-order valence-corrected chi connectivity index (χ3v) is 5.32. The molecule has 0 unspecified atom stereocenters. The van der Waals surface area contributed by atoms with Gasteiger partial charge in [-0.1, -0.05) is 17.7 Å². The number of hydrogen-bond acceptors (Lipinski definition) is 6. The van der Waals surface area contributed by atoms with Crippen molar-refractivity contribution in [3.8, 4) is 28.4 Å². The van der Waals surface area contributed by atoms with Crippen LogP contribution in [0.5, 0.6) is 0 Å². The first kappa shape index (κ1) is 21.0. The van der Waals surface area contributed by atoms with E-state index in [4.69, 9.17) is 21.2 Å². The van der Waals surface area contributed by atoms with E-state index in [1.54, 1.807) is 6.07 Å². The van der Waals surface area contributed by atoms with Gasteiger partial charge in [-0.2, -0.15) is 18.3 Å². The van der Waals surface area contributed by atoms with Gasteiger partial charge in [0, 0.05) is 5.56 Å². The maximum atomic E-state index is 13.3. The highest BCUT2D eigenvalue weighted by Crippen LogP contribution is 2.36. The van der Waals surface area contributed by atoms with E-state index in [1.165, 1.54) is 30.7 Å². The predicted octanol–water partition coefficient (Wildman–Crippen LogP) is 3.91. The largest absolute Gasteiger partial charge is 0.444 e. The number of sulfonamides is 1. The van der Waals surface area contributed by atoms with Crippen LogP contribution in [-0.2, 0) is 16.2 Å². The molecule has 0 aliphatic rings. The number of aromatic nitrogens is 4. The van der Waals surface area contributed by atoms with E-state index in [2.05, 4.69) is 15.1 Å². The van der Waals surface area contributed by atoms with Crippen LogP contribution in [-0.4, -0.2) is 28.2 Å². The molecule has 0 aliphatic carbocycles. The van der Waals surface area contributed by atoms with Gasteiger partial charge in [0.2, 0.25) is 5.89 Å². The van der Waals surface area contributed by atoms with Gasteiger partial charge in [0.05, 0.1) is 34.4 Å². The predicted molar refractivity (Wildman–Crippen MR) is 104 cm³/mol. The number of alkyl halides is 3. The van der Waals surface area contributed by atoms with Gasteiger partial charge in [-0.05, 0) is 30.3 Å². The monoisotopic (exact) mass is 469 g/mol. The fraction of sp³-hybridized carbons (Fsp3) is 0.0556. The van der Waals surface area contributed by atoms with Gasteiger partial charge in [-0.25, -0.2) is 28.2 Å². The Morgan fingerprint density at radius 3 is 2.42 bits per heavy atom. The molecule has 0 atom stereocenters. The van der Waals surface area contributed by atoms with E-state index >= 15 is 0 Å². The summed E-state index contributed by atoms with van der Waals surface area (Å²) in [5.41, 5.74) is -0.231. The summed E-state index contributed by atoms with van der Waals surface area (Å²) in [5.74, 6) is 0.254. The molecular weight excluding hydrogens is 459 g/mol. The molecule has 31 heavy (non-hydrogen) atoms. The second-order valence-corrected chi connectivity index (χ2v) is 8.17. The number of nitrogens with zero attached hydrogens (tertiary/aromatic N) is 4. The third kappa shape index (κ3) is 4.17. The molecule has 0 fully saturated rings. The normalized spacial score (nSPS) is 12.3. The number of benzene rings is 1. The lowest BCUT2D eigenvalue weighted by Crippen LogP contribution is -2.14. The van der Waals surface area contributed by atoms with Gasteiger partial charge >= 0.3 is 6.18 Å². The molecule has 0 saturated carbocycles. The van der Waals surface area contributed by atoms with Crippen molar-refractivity contribution >= 4 is 21.6 Å². The van der Waals surface area contributed by atoms with Gasteiger partial charge in [0.1, 0.15) is 6.26 Å². The molecule has 0 radical (unpaired) electrons. The fourth-order valence-electron chi connectivity index (χ4n) is 2.79. The zero-order valence-corrected chi connectivity index (χ0v) is 16.8. The Labute approximate surface area is 178 Å². The maximum absolute atomic E-state index is 13.3. The van der Waals surface area contributed by atoms with Crippen molar-refractivity contribution in [2.45, 2.75) is 11.2 Å². The molecule has 2 N–H and O–H groups in total. The summed E-state index contributed by atoms with van der Waals surface area (Å²) in [7, 11) is -4.07. The molecule has 4 rings (SSSR count). The molecule has 3 heterocycles. The van der Waals surface area contributed by atoms with Crippen molar-refractivity contribution in [1.29, 1.82) is 0 Å². The zero-order valence-electron chi connectivity index (χ0n) is 15.2. The number of oxazole rings is 1. The molecular formula is C18H11ClF3N5O3S. The lowest BCUT2D eigenvalue weighted by atomic mass is 10.1. The van der Waals surface area contributed by atoms with Gasteiger partial charge in [0.15, 0.2) is 10.7 Å². The Bertz CT molecular complexity index is 1350. The first-order valence-corrected chi connectivity index (χ1v) is 10.3. The average Bonchev–Trinajstić information content (AvgIpc) is 3.37. The van der Waals surface area contributed by atoms with Crippen molar-refractivity contribution < 1.29 is 26.0 Å². The fourth-order valence-corrected chi connectivity index (χ4v) is 3.51. The van der Waals surface area contributed by atoms with Crippen LogP contribution in [0.3, 0.4) is 0 Å². The third-order valence-electron chi connectivity index (χ3n) is 4.18. The van der Waals surface area contributed by atoms with Gasteiger partial charge in [-0.15, -0.1) is 0 Å². The van der Waals surface area contributed by atoms with E-state index < -0.39 is 26.9 Å². The number of nitrogens with two attached hydrogens (primary N) is 1. The Morgan fingerprint density at radius 1 is 1.10 bits per heavy atom. The Kier molecular flexibility index (Phi) is 5.07. The second kappa shape index (κ2) is 7.48. The van der Waals surface area contributed by atoms with Crippen LogP contribution >= 0.6 is 11.6 Å². The summed E-state index contributed by atoms with van der Waals surface area (Å²) in [6, 6.07) is 7.70.